The van der Waals surface area contributed by atoms with Gasteiger partial charge in [0, 0.05) is 11.8 Å². The van der Waals surface area contributed by atoms with Crippen LogP contribution in [0.15, 0.2) is 11.6 Å². The Labute approximate surface area is 202 Å². The van der Waals surface area contributed by atoms with E-state index in [-0.39, 0.29) is 21.7 Å². The molecule has 33 heavy (non-hydrogen) atoms. The highest BCUT2D eigenvalue weighted by atomic mass is 16.3. The molecule has 0 saturated heterocycles. The number of carbonyl (C=O) groups is 1. The van der Waals surface area contributed by atoms with Gasteiger partial charge in [0.05, 0.1) is 11.7 Å². The molecule has 0 unspecified atom stereocenters. The molecule has 4 aliphatic carbocycles. The minimum Gasteiger partial charge on any atom is -0.390 e. The number of hydrogen-bond donors (Lipinski definition) is 2. The quantitative estimate of drug-likeness (QED) is 0.450. The lowest BCUT2D eigenvalue weighted by Gasteiger charge is -2.63. The smallest absolute Gasteiger partial charge is 0.138 e. The Kier molecular flexibility index (Phi) is 6.10. The van der Waals surface area contributed by atoms with Crippen molar-refractivity contribution in [3.8, 4) is 0 Å². The number of allylic oxidation sites excluding steroid dienone is 2. The zero-order valence-electron chi connectivity index (χ0n) is 22.6. The van der Waals surface area contributed by atoms with Crippen LogP contribution >= 0.6 is 0 Å². The van der Waals surface area contributed by atoms with Gasteiger partial charge in [-0.15, -0.1) is 0 Å². The fourth-order valence-electron chi connectivity index (χ4n) is 9.44. The molecule has 0 aromatic rings. The van der Waals surface area contributed by atoms with Crippen LogP contribution in [0.2, 0.25) is 0 Å². The first-order chi connectivity index (χ1) is 15.1. The number of hydrogen-bond acceptors (Lipinski definition) is 3. The van der Waals surface area contributed by atoms with Crippen molar-refractivity contribution in [1.29, 1.82) is 0 Å². The number of aliphatic hydroxyl groups is 2. The lowest BCUT2D eigenvalue weighted by atomic mass is 9.41. The molecule has 0 aromatic carbocycles. The van der Waals surface area contributed by atoms with E-state index in [1.54, 1.807) is 19.4 Å². The van der Waals surface area contributed by atoms with Gasteiger partial charge in [-0.25, -0.2) is 0 Å². The van der Waals surface area contributed by atoms with Crippen molar-refractivity contribution in [2.24, 2.45) is 45.3 Å². The van der Waals surface area contributed by atoms with Crippen LogP contribution in [0.4, 0.5) is 0 Å². The summed E-state index contributed by atoms with van der Waals surface area (Å²) in [4.78, 5) is 12.8. The molecule has 0 heterocycles. The van der Waals surface area contributed by atoms with Crippen LogP contribution in [-0.2, 0) is 4.79 Å². The van der Waals surface area contributed by atoms with Crippen LogP contribution in [0, 0.1) is 45.3 Å². The third-order valence-corrected chi connectivity index (χ3v) is 12.0. The Morgan fingerprint density at radius 3 is 2.36 bits per heavy atom. The maximum atomic E-state index is 12.8. The molecule has 0 aromatic heterocycles. The van der Waals surface area contributed by atoms with Crippen molar-refractivity contribution in [3.05, 3.63) is 11.6 Å². The number of aliphatic hydroxyl groups excluding tert-OH is 1. The van der Waals surface area contributed by atoms with E-state index in [2.05, 4.69) is 47.6 Å². The van der Waals surface area contributed by atoms with Crippen LogP contribution in [0.1, 0.15) is 113 Å². The van der Waals surface area contributed by atoms with Gasteiger partial charge < -0.3 is 10.2 Å². The van der Waals surface area contributed by atoms with Crippen molar-refractivity contribution in [2.75, 3.05) is 0 Å². The molecule has 2 N–H and O–H groups in total. The fraction of sp³-hybridized carbons (Fsp3) is 0.900. The summed E-state index contributed by atoms with van der Waals surface area (Å²) in [6.07, 6.45) is 11.5. The average Bonchev–Trinajstić information content (AvgIpc) is 3.00. The molecule has 188 valence electrons. The van der Waals surface area contributed by atoms with E-state index >= 15 is 0 Å². The van der Waals surface area contributed by atoms with Crippen molar-refractivity contribution in [2.45, 2.75) is 125 Å². The van der Waals surface area contributed by atoms with E-state index in [4.69, 9.17) is 0 Å². The maximum absolute atomic E-state index is 12.8. The molecule has 0 radical (unpaired) electrons. The molecule has 0 bridgehead atoms. The second kappa shape index (κ2) is 7.92. The highest BCUT2D eigenvalue weighted by Gasteiger charge is 2.65. The predicted molar refractivity (Wildman–Crippen MR) is 135 cm³/mol. The third-order valence-electron chi connectivity index (χ3n) is 12.0. The van der Waals surface area contributed by atoms with Gasteiger partial charge in [-0.2, -0.15) is 0 Å². The predicted octanol–water partition coefficient (Wildman–Crippen LogP) is 6.71. The van der Waals surface area contributed by atoms with Crippen LogP contribution in [-0.4, -0.2) is 27.7 Å². The second-order valence-electron chi connectivity index (χ2n) is 14.3. The standard InChI is InChI=1S/C30H50O3/c1-19(9-12-25(32)27(4,5)33)20-13-17-30(8)22-10-11-23-26(2,3)24(31)15-16-28(23,6)21(22)14-18-29(20,30)7/h10,19-21,23,25,32-33H,9,11-18H2,1-8H3/t19-,20-,21+,23-,25+,28-,29-,30+/m1/s1. The van der Waals surface area contributed by atoms with Crippen LogP contribution < -0.4 is 0 Å². The van der Waals surface area contributed by atoms with Crippen molar-refractivity contribution in [3.63, 3.8) is 0 Å². The van der Waals surface area contributed by atoms with Gasteiger partial charge in [0.15, 0.2) is 0 Å². The van der Waals surface area contributed by atoms with Gasteiger partial charge in [0.1, 0.15) is 5.78 Å². The highest BCUT2D eigenvalue weighted by Crippen LogP contribution is 2.73. The normalized spacial score (nSPS) is 44.4. The van der Waals surface area contributed by atoms with Gasteiger partial charge in [-0.1, -0.05) is 53.2 Å². The summed E-state index contributed by atoms with van der Waals surface area (Å²) in [5.74, 6) is 2.76. The molecular weight excluding hydrogens is 408 g/mol. The topological polar surface area (TPSA) is 57.5 Å². The Bertz CT molecular complexity index is 819. The molecule has 4 rings (SSSR count). The Morgan fingerprint density at radius 2 is 1.73 bits per heavy atom. The molecule has 3 heteroatoms. The minimum absolute atomic E-state index is 0.204. The number of ketones is 1. The molecule has 3 nitrogen and oxygen atoms in total. The van der Waals surface area contributed by atoms with Gasteiger partial charge >= 0.3 is 0 Å². The summed E-state index contributed by atoms with van der Waals surface area (Å²) >= 11 is 0. The number of Topliss-reactive ketones (excluding diaryl/α,β-unsaturated/α-hetero) is 1. The zero-order valence-corrected chi connectivity index (χ0v) is 22.6. The van der Waals surface area contributed by atoms with Gasteiger partial charge in [0.2, 0.25) is 0 Å². The summed E-state index contributed by atoms with van der Waals surface area (Å²) < 4.78 is 0. The summed E-state index contributed by atoms with van der Waals surface area (Å²) in [6, 6.07) is 0. The van der Waals surface area contributed by atoms with Crippen molar-refractivity contribution in [1.82, 2.24) is 0 Å². The Morgan fingerprint density at radius 1 is 1.06 bits per heavy atom. The van der Waals surface area contributed by atoms with E-state index in [0.717, 1.165) is 25.7 Å². The summed E-state index contributed by atoms with van der Waals surface area (Å²) in [7, 11) is 0. The van der Waals surface area contributed by atoms with E-state index in [9.17, 15) is 15.0 Å². The van der Waals surface area contributed by atoms with Gasteiger partial charge in [-0.3, -0.25) is 4.79 Å². The van der Waals surface area contributed by atoms with Crippen LogP contribution in [0.25, 0.3) is 0 Å². The average molecular weight is 459 g/mol. The number of rotatable bonds is 5. The number of carbonyl (C=O) groups excluding carboxylic acids is 1. The first-order valence-electron chi connectivity index (χ1n) is 13.7. The van der Waals surface area contributed by atoms with Gasteiger partial charge in [0.25, 0.3) is 0 Å². The lowest BCUT2D eigenvalue weighted by Crippen LogP contribution is -2.57. The van der Waals surface area contributed by atoms with Crippen LogP contribution in [0.5, 0.6) is 0 Å². The Hall–Kier alpha value is -0.670. The first-order valence-corrected chi connectivity index (χ1v) is 13.7. The Balaban J connectivity index is 1.59. The van der Waals surface area contributed by atoms with E-state index < -0.39 is 11.7 Å². The first kappa shape index (κ1) is 25.4. The summed E-state index contributed by atoms with van der Waals surface area (Å²) in [6.45, 7) is 17.9. The fourth-order valence-corrected chi connectivity index (χ4v) is 9.44. The van der Waals surface area contributed by atoms with E-state index in [1.807, 2.05) is 0 Å². The molecule has 0 spiro atoms. The lowest BCUT2D eigenvalue weighted by molar-refractivity contribution is -0.146. The molecule has 0 aliphatic heterocycles. The number of fused-ring (bicyclic) bond motifs is 5. The zero-order chi connectivity index (χ0) is 24.6. The molecule has 4 aliphatic rings. The molecule has 3 fully saturated rings. The monoisotopic (exact) mass is 458 g/mol. The second-order valence-corrected chi connectivity index (χ2v) is 14.3. The van der Waals surface area contributed by atoms with Gasteiger partial charge in [-0.05, 0) is 105 Å². The molecule has 0 amide bonds. The third kappa shape index (κ3) is 3.62. The molecule has 3 saturated carbocycles. The minimum atomic E-state index is -1.03. The summed E-state index contributed by atoms with van der Waals surface area (Å²) in [5, 5.41) is 20.6. The van der Waals surface area contributed by atoms with E-state index in [1.165, 1.54) is 25.7 Å². The largest absolute Gasteiger partial charge is 0.390 e. The van der Waals surface area contributed by atoms with Crippen molar-refractivity contribution < 1.29 is 15.0 Å². The van der Waals surface area contributed by atoms with Crippen molar-refractivity contribution >= 4 is 5.78 Å². The highest BCUT2D eigenvalue weighted by molar-refractivity contribution is 5.85. The van der Waals surface area contributed by atoms with Crippen LogP contribution in [0.3, 0.4) is 0 Å². The van der Waals surface area contributed by atoms with E-state index in [0.29, 0.717) is 35.9 Å². The molecule has 8 atom stereocenters. The maximum Gasteiger partial charge on any atom is 0.138 e. The SMILES string of the molecule is C[C@H](CC[C@H](O)C(C)(C)O)[C@H]1CC[C@@]2(C)C3=CC[C@@H]4C(C)(C)C(=O)CC[C@]4(C)[C@H]3CC[C@]12C. The molecular formula is C30H50O3. The summed E-state index contributed by atoms with van der Waals surface area (Å²) in [5.41, 5.74) is 1.27.